The summed E-state index contributed by atoms with van der Waals surface area (Å²) in [6.07, 6.45) is 0.791. The summed E-state index contributed by atoms with van der Waals surface area (Å²) < 4.78 is 1.65. The molecule has 29 heavy (non-hydrogen) atoms. The van der Waals surface area contributed by atoms with Crippen LogP contribution in [0.3, 0.4) is 0 Å². The van der Waals surface area contributed by atoms with Crippen molar-refractivity contribution in [3.8, 4) is 5.69 Å². The van der Waals surface area contributed by atoms with Crippen LogP contribution in [0.4, 0.5) is 0 Å². The zero-order valence-electron chi connectivity index (χ0n) is 17.5. The lowest BCUT2D eigenvalue weighted by Gasteiger charge is -2.23. The summed E-state index contributed by atoms with van der Waals surface area (Å²) in [7, 11) is 0. The summed E-state index contributed by atoms with van der Waals surface area (Å²) in [5.41, 5.74) is 2.05. The van der Waals surface area contributed by atoms with Gasteiger partial charge in [0, 0.05) is 5.54 Å². The summed E-state index contributed by atoms with van der Waals surface area (Å²) in [6.45, 7) is 9.74. The van der Waals surface area contributed by atoms with Crippen LogP contribution in [0.2, 0.25) is 0 Å². The molecule has 1 amide bonds. The van der Waals surface area contributed by atoms with Gasteiger partial charge in [-0.25, -0.2) is 4.98 Å². The number of amides is 1. The van der Waals surface area contributed by atoms with Crippen molar-refractivity contribution in [3.63, 3.8) is 0 Å². The molecular weight excluding hydrogens is 382 g/mol. The molecule has 0 saturated heterocycles. The van der Waals surface area contributed by atoms with E-state index in [1.54, 1.807) is 10.6 Å². The number of benzene rings is 2. The molecule has 0 saturated carbocycles. The van der Waals surface area contributed by atoms with E-state index in [1.165, 1.54) is 11.8 Å². The molecule has 0 radical (unpaired) electrons. The minimum absolute atomic E-state index is 0.0831. The molecule has 0 aliphatic heterocycles. The minimum Gasteiger partial charge on any atom is -0.351 e. The number of rotatable bonds is 5. The third-order valence-electron chi connectivity index (χ3n) is 4.51. The third-order valence-corrected chi connectivity index (χ3v) is 5.56. The largest absolute Gasteiger partial charge is 0.351 e. The predicted octanol–water partition coefficient (Wildman–Crippen LogP) is 4.34. The fraction of sp³-hybridized carbons (Fsp3) is 0.348. The summed E-state index contributed by atoms with van der Waals surface area (Å²) in [5.74, 6) is -0.0831. The molecule has 152 valence electrons. The number of para-hydroxylation sites is 2. The minimum atomic E-state index is -0.401. The van der Waals surface area contributed by atoms with Crippen molar-refractivity contribution in [1.29, 1.82) is 0 Å². The van der Waals surface area contributed by atoms with Crippen LogP contribution in [0.25, 0.3) is 16.6 Å². The van der Waals surface area contributed by atoms with Crippen molar-refractivity contribution in [1.82, 2.24) is 14.9 Å². The molecule has 0 spiro atoms. The van der Waals surface area contributed by atoms with E-state index in [0.29, 0.717) is 16.1 Å². The van der Waals surface area contributed by atoms with Crippen LogP contribution in [0.5, 0.6) is 0 Å². The van der Waals surface area contributed by atoms with Crippen LogP contribution in [0.1, 0.15) is 40.2 Å². The molecule has 3 rings (SSSR count). The predicted molar refractivity (Wildman–Crippen MR) is 120 cm³/mol. The van der Waals surface area contributed by atoms with Crippen molar-refractivity contribution in [3.05, 3.63) is 64.4 Å². The van der Waals surface area contributed by atoms with Gasteiger partial charge in [0.05, 0.1) is 21.8 Å². The Hall–Kier alpha value is -2.60. The molecule has 0 fully saturated rings. The fourth-order valence-corrected chi connectivity index (χ4v) is 4.03. The fourth-order valence-electron chi connectivity index (χ4n) is 3.11. The van der Waals surface area contributed by atoms with E-state index >= 15 is 0 Å². The number of aromatic nitrogens is 2. The molecule has 0 aliphatic rings. The standard InChI is InChI=1S/C23H27N3O2S/c1-6-16-11-7-10-14-19(16)26-21(28)17-12-8-9-13-18(17)24-22(26)29-15(2)20(27)25-23(3,4)5/h7-15H,6H2,1-5H3,(H,25,27)/t15-/m1/s1. The van der Waals surface area contributed by atoms with Gasteiger partial charge in [-0.05, 0) is 57.9 Å². The average Bonchev–Trinajstić information content (AvgIpc) is 2.67. The Balaban J connectivity index is 2.15. The van der Waals surface area contributed by atoms with Gasteiger partial charge in [0.15, 0.2) is 5.16 Å². The molecule has 2 aromatic carbocycles. The molecule has 1 heterocycles. The molecule has 6 heteroatoms. The first-order valence-electron chi connectivity index (χ1n) is 9.80. The second kappa shape index (κ2) is 8.41. The van der Waals surface area contributed by atoms with E-state index in [9.17, 15) is 9.59 Å². The van der Waals surface area contributed by atoms with Crippen molar-refractivity contribution in [2.24, 2.45) is 0 Å². The average molecular weight is 410 g/mol. The van der Waals surface area contributed by atoms with Crippen LogP contribution < -0.4 is 10.9 Å². The SMILES string of the molecule is CCc1ccccc1-n1c(S[C@H](C)C(=O)NC(C)(C)C)nc2ccccc2c1=O. The Kier molecular flexibility index (Phi) is 6.13. The molecule has 0 bridgehead atoms. The summed E-state index contributed by atoms with van der Waals surface area (Å²) in [6, 6.07) is 15.2. The van der Waals surface area contributed by atoms with Crippen molar-refractivity contribution in [2.45, 2.75) is 57.0 Å². The molecule has 1 N–H and O–H groups in total. The Morgan fingerprint density at radius 1 is 1.14 bits per heavy atom. The van der Waals surface area contributed by atoms with Crippen molar-refractivity contribution >= 4 is 28.6 Å². The van der Waals surface area contributed by atoms with Crippen molar-refractivity contribution < 1.29 is 4.79 Å². The molecule has 0 aliphatic carbocycles. The highest BCUT2D eigenvalue weighted by Crippen LogP contribution is 2.27. The Labute approximate surface area is 175 Å². The third kappa shape index (κ3) is 4.70. The van der Waals surface area contributed by atoms with E-state index in [1.807, 2.05) is 70.2 Å². The van der Waals surface area contributed by atoms with E-state index in [-0.39, 0.29) is 17.0 Å². The van der Waals surface area contributed by atoms with Crippen LogP contribution >= 0.6 is 11.8 Å². The second-order valence-electron chi connectivity index (χ2n) is 8.03. The quantitative estimate of drug-likeness (QED) is 0.503. The van der Waals surface area contributed by atoms with Crippen LogP contribution in [0.15, 0.2) is 58.5 Å². The van der Waals surface area contributed by atoms with Gasteiger partial charge in [0.25, 0.3) is 5.56 Å². The van der Waals surface area contributed by atoms with Crippen molar-refractivity contribution in [2.75, 3.05) is 0 Å². The number of hydrogen-bond acceptors (Lipinski definition) is 4. The Morgan fingerprint density at radius 3 is 2.48 bits per heavy atom. The highest BCUT2D eigenvalue weighted by Gasteiger charge is 2.23. The van der Waals surface area contributed by atoms with E-state index < -0.39 is 5.25 Å². The lowest BCUT2D eigenvalue weighted by molar-refractivity contribution is -0.121. The number of nitrogens with zero attached hydrogens (tertiary/aromatic N) is 2. The van der Waals surface area contributed by atoms with Gasteiger partial charge in [-0.15, -0.1) is 0 Å². The highest BCUT2D eigenvalue weighted by molar-refractivity contribution is 8.00. The second-order valence-corrected chi connectivity index (χ2v) is 9.34. The van der Waals surface area contributed by atoms with Crippen LogP contribution in [-0.2, 0) is 11.2 Å². The molecular formula is C23H27N3O2S. The molecule has 5 nitrogen and oxygen atoms in total. The topological polar surface area (TPSA) is 64.0 Å². The summed E-state index contributed by atoms with van der Waals surface area (Å²) in [4.78, 5) is 30.8. The van der Waals surface area contributed by atoms with E-state index in [2.05, 4.69) is 12.2 Å². The van der Waals surface area contributed by atoms with Gasteiger partial charge in [-0.1, -0.05) is 49.0 Å². The summed E-state index contributed by atoms with van der Waals surface area (Å²) in [5, 5.41) is 3.68. The maximum absolute atomic E-state index is 13.4. The van der Waals surface area contributed by atoms with Gasteiger partial charge < -0.3 is 5.32 Å². The number of aryl methyl sites for hydroxylation is 1. The molecule has 1 aromatic heterocycles. The first kappa shape index (κ1) is 21.1. The maximum Gasteiger partial charge on any atom is 0.266 e. The van der Waals surface area contributed by atoms with Gasteiger partial charge in [-0.3, -0.25) is 14.2 Å². The number of hydrogen-bond donors (Lipinski definition) is 1. The lowest BCUT2D eigenvalue weighted by atomic mass is 10.1. The number of carbonyl (C=O) groups is 1. The van der Waals surface area contributed by atoms with Gasteiger partial charge in [-0.2, -0.15) is 0 Å². The highest BCUT2D eigenvalue weighted by atomic mass is 32.2. The zero-order chi connectivity index (χ0) is 21.2. The van der Waals surface area contributed by atoms with E-state index in [0.717, 1.165) is 17.7 Å². The Bertz CT molecular complexity index is 1100. The number of nitrogens with one attached hydrogen (secondary N) is 1. The summed E-state index contributed by atoms with van der Waals surface area (Å²) >= 11 is 1.30. The number of fused-ring (bicyclic) bond motifs is 1. The normalized spacial score (nSPS) is 12.7. The van der Waals surface area contributed by atoms with Crippen LogP contribution in [0, 0.1) is 0 Å². The zero-order valence-corrected chi connectivity index (χ0v) is 18.3. The molecule has 1 atom stereocenters. The first-order valence-corrected chi connectivity index (χ1v) is 10.7. The Morgan fingerprint density at radius 2 is 1.79 bits per heavy atom. The number of thioether (sulfide) groups is 1. The van der Waals surface area contributed by atoms with Gasteiger partial charge in [0.2, 0.25) is 5.91 Å². The first-order chi connectivity index (χ1) is 13.7. The molecule has 0 unspecified atom stereocenters. The maximum atomic E-state index is 13.4. The van der Waals surface area contributed by atoms with Gasteiger partial charge >= 0.3 is 0 Å². The van der Waals surface area contributed by atoms with E-state index in [4.69, 9.17) is 4.98 Å². The number of carbonyl (C=O) groups excluding carboxylic acids is 1. The monoisotopic (exact) mass is 409 g/mol. The van der Waals surface area contributed by atoms with Gasteiger partial charge in [0.1, 0.15) is 0 Å². The lowest BCUT2D eigenvalue weighted by Crippen LogP contribution is -2.44. The smallest absolute Gasteiger partial charge is 0.266 e. The van der Waals surface area contributed by atoms with Crippen LogP contribution in [-0.4, -0.2) is 26.2 Å². The molecule has 3 aromatic rings.